The predicted octanol–water partition coefficient (Wildman–Crippen LogP) is 0.880. The Bertz CT molecular complexity index is 453. The second-order valence-electron chi connectivity index (χ2n) is 4.24. The summed E-state index contributed by atoms with van der Waals surface area (Å²) in [6, 6.07) is 0. The van der Waals surface area contributed by atoms with Crippen LogP contribution in [-0.2, 0) is 4.79 Å². The topological polar surface area (TPSA) is 75.4 Å². The SMILES string of the molecule is CC(=O)N1CCCN(c2ncnc(N)c2Br)CC1. The number of nitrogens with zero attached hydrogens (tertiary/aromatic N) is 4. The van der Waals surface area contributed by atoms with Gasteiger partial charge in [-0.1, -0.05) is 0 Å². The van der Waals surface area contributed by atoms with Crippen LogP contribution < -0.4 is 10.6 Å². The van der Waals surface area contributed by atoms with E-state index >= 15 is 0 Å². The number of amides is 1. The molecule has 1 aromatic rings. The molecule has 2 rings (SSSR count). The van der Waals surface area contributed by atoms with E-state index < -0.39 is 0 Å². The van der Waals surface area contributed by atoms with Crippen LogP contribution in [0.1, 0.15) is 13.3 Å². The highest BCUT2D eigenvalue weighted by molar-refractivity contribution is 9.10. The van der Waals surface area contributed by atoms with E-state index in [9.17, 15) is 4.79 Å². The summed E-state index contributed by atoms with van der Waals surface area (Å²) in [5.74, 6) is 1.36. The van der Waals surface area contributed by atoms with Gasteiger partial charge >= 0.3 is 0 Å². The lowest BCUT2D eigenvalue weighted by molar-refractivity contribution is -0.128. The summed E-state index contributed by atoms with van der Waals surface area (Å²) < 4.78 is 0.723. The monoisotopic (exact) mass is 313 g/mol. The average molecular weight is 314 g/mol. The number of carbonyl (C=O) groups excluding carboxylic acids is 1. The highest BCUT2D eigenvalue weighted by Crippen LogP contribution is 2.28. The molecule has 18 heavy (non-hydrogen) atoms. The molecule has 0 radical (unpaired) electrons. The second-order valence-corrected chi connectivity index (χ2v) is 5.04. The molecule has 2 heterocycles. The molecular formula is C11H16BrN5O. The molecule has 6 nitrogen and oxygen atoms in total. The fourth-order valence-electron chi connectivity index (χ4n) is 2.04. The molecular weight excluding hydrogens is 298 g/mol. The van der Waals surface area contributed by atoms with Crippen molar-refractivity contribution in [1.82, 2.24) is 14.9 Å². The minimum atomic E-state index is 0.123. The summed E-state index contributed by atoms with van der Waals surface area (Å²) in [7, 11) is 0. The van der Waals surface area contributed by atoms with Gasteiger partial charge in [0.05, 0.1) is 0 Å². The minimum absolute atomic E-state index is 0.123. The maximum Gasteiger partial charge on any atom is 0.219 e. The van der Waals surface area contributed by atoms with Crippen LogP contribution in [0, 0.1) is 0 Å². The molecule has 1 saturated heterocycles. The van der Waals surface area contributed by atoms with Gasteiger partial charge in [0.15, 0.2) is 0 Å². The summed E-state index contributed by atoms with van der Waals surface area (Å²) in [5, 5.41) is 0. The van der Waals surface area contributed by atoms with Gasteiger partial charge in [0.1, 0.15) is 22.4 Å². The van der Waals surface area contributed by atoms with Crippen LogP contribution in [0.3, 0.4) is 0 Å². The number of anilines is 2. The number of carbonyl (C=O) groups is 1. The number of halogens is 1. The molecule has 7 heteroatoms. The molecule has 1 amide bonds. The summed E-state index contributed by atoms with van der Waals surface area (Å²) in [6.07, 6.45) is 2.39. The van der Waals surface area contributed by atoms with Gasteiger partial charge in [-0.15, -0.1) is 0 Å². The van der Waals surface area contributed by atoms with Crippen molar-refractivity contribution >= 4 is 33.5 Å². The van der Waals surface area contributed by atoms with Crippen molar-refractivity contribution in [2.45, 2.75) is 13.3 Å². The Balaban J connectivity index is 2.15. The normalized spacial score (nSPS) is 16.6. The summed E-state index contributed by atoms with van der Waals surface area (Å²) in [6.45, 7) is 4.73. The van der Waals surface area contributed by atoms with Crippen molar-refractivity contribution in [3.05, 3.63) is 10.8 Å². The number of hydrogen-bond acceptors (Lipinski definition) is 5. The van der Waals surface area contributed by atoms with Crippen LogP contribution >= 0.6 is 15.9 Å². The molecule has 1 aliphatic rings. The zero-order chi connectivity index (χ0) is 13.1. The Morgan fingerprint density at radius 2 is 2.11 bits per heavy atom. The van der Waals surface area contributed by atoms with E-state index in [-0.39, 0.29) is 5.91 Å². The van der Waals surface area contributed by atoms with Crippen LogP contribution in [0.4, 0.5) is 11.6 Å². The average Bonchev–Trinajstić information content (AvgIpc) is 2.58. The molecule has 0 aromatic carbocycles. The maximum atomic E-state index is 11.4. The number of aromatic nitrogens is 2. The summed E-state index contributed by atoms with van der Waals surface area (Å²) in [4.78, 5) is 23.5. The van der Waals surface area contributed by atoms with Crippen LogP contribution in [-0.4, -0.2) is 47.0 Å². The minimum Gasteiger partial charge on any atom is -0.383 e. The van der Waals surface area contributed by atoms with Crippen LogP contribution in [0.25, 0.3) is 0 Å². The van der Waals surface area contributed by atoms with Gasteiger partial charge in [-0.3, -0.25) is 4.79 Å². The standard InChI is InChI=1S/C11H16BrN5O/c1-8(18)16-3-2-4-17(6-5-16)11-9(12)10(13)14-7-15-11/h7H,2-6H2,1H3,(H2,13,14,15). The van der Waals surface area contributed by atoms with Crippen molar-refractivity contribution < 1.29 is 4.79 Å². The number of rotatable bonds is 1. The molecule has 1 aliphatic heterocycles. The van der Waals surface area contributed by atoms with Gasteiger partial charge in [-0.05, 0) is 22.4 Å². The molecule has 0 aliphatic carbocycles. The smallest absolute Gasteiger partial charge is 0.219 e. The highest BCUT2D eigenvalue weighted by Gasteiger charge is 2.19. The van der Waals surface area contributed by atoms with E-state index in [2.05, 4.69) is 30.8 Å². The van der Waals surface area contributed by atoms with Crippen molar-refractivity contribution in [3.8, 4) is 0 Å². The Hall–Kier alpha value is -1.37. The van der Waals surface area contributed by atoms with E-state index in [1.54, 1.807) is 6.92 Å². The van der Waals surface area contributed by atoms with Gasteiger partial charge in [0.25, 0.3) is 0 Å². The molecule has 2 N–H and O–H groups in total. The molecule has 0 bridgehead atoms. The molecule has 0 spiro atoms. The number of nitrogen functional groups attached to an aromatic ring is 1. The van der Waals surface area contributed by atoms with Crippen LogP contribution in [0.2, 0.25) is 0 Å². The van der Waals surface area contributed by atoms with Crippen LogP contribution in [0.15, 0.2) is 10.8 Å². The molecule has 0 unspecified atom stereocenters. The van der Waals surface area contributed by atoms with Gasteiger partial charge in [-0.25, -0.2) is 9.97 Å². The van der Waals surface area contributed by atoms with Gasteiger partial charge in [-0.2, -0.15) is 0 Å². The van der Waals surface area contributed by atoms with Crippen molar-refractivity contribution in [3.63, 3.8) is 0 Å². The van der Waals surface area contributed by atoms with E-state index in [1.807, 2.05) is 4.90 Å². The van der Waals surface area contributed by atoms with Crippen LogP contribution in [0.5, 0.6) is 0 Å². The Morgan fingerprint density at radius 1 is 1.33 bits per heavy atom. The summed E-state index contributed by atoms with van der Waals surface area (Å²) >= 11 is 3.41. The number of hydrogen-bond donors (Lipinski definition) is 1. The van der Waals surface area contributed by atoms with E-state index in [4.69, 9.17) is 5.73 Å². The van der Waals surface area contributed by atoms with Gasteiger partial charge < -0.3 is 15.5 Å². The fourth-order valence-corrected chi connectivity index (χ4v) is 2.49. The lowest BCUT2D eigenvalue weighted by Gasteiger charge is -2.23. The van der Waals surface area contributed by atoms with E-state index in [1.165, 1.54) is 6.33 Å². The quantitative estimate of drug-likeness (QED) is 0.833. The Labute approximate surface area is 114 Å². The van der Waals surface area contributed by atoms with Gasteiger partial charge in [0, 0.05) is 33.1 Å². The molecule has 1 fully saturated rings. The predicted molar refractivity (Wildman–Crippen MR) is 73.2 cm³/mol. The third-order valence-electron chi connectivity index (χ3n) is 3.04. The summed E-state index contributed by atoms with van der Waals surface area (Å²) in [5.41, 5.74) is 5.75. The Kier molecular flexibility index (Phi) is 4.00. The molecule has 98 valence electrons. The first kappa shape index (κ1) is 13.1. The molecule has 0 atom stereocenters. The number of nitrogens with two attached hydrogens (primary N) is 1. The first-order valence-corrected chi connectivity index (χ1v) is 6.65. The highest BCUT2D eigenvalue weighted by atomic mass is 79.9. The first-order chi connectivity index (χ1) is 8.59. The lowest BCUT2D eigenvalue weighted by atomic mass is 10.3. The van der Waals surface area contributed by atoms with Crippen molar-refractivity contribution in [1.29, 1.82) is 0 Å². The van der Waals surface area contributed by atoms with Crippen molar-refractivity contribution in [2.24, 2.45) is 0 Å². The second kappa shape index (κ2) is 5.51. The zero-order valence-corrected chi connectivity index (χ0v) is 11.9. The van der Waals surface area contributed by atoms with E-state index in [0.29, 0.717) is 12.4 Å². The first-order valence-electron chi connectivity index (χ1n) is 5.86. The largest absolute Gasteiger partial charge is 0.383 e. The zero-order valence-electron chi connectivity index (χ0n) is 10.3. The Morgan fingerprint density at radius 3 is 2.83 bits per heavy atom. The van der Waals surface area contributed by atoms with Crippen molar-refractivity contribution in [2.75, 3.05) is 36.8 Å². The third kappa shape index (κ3) is 2.72. The van der Waals surface area contributed by atoms with Gasteiger partial charge in [0.2, 0.25) is 5.91 Å². The maximum absolute atomic E-state index is 11.4. The molecule has 0 saturated carbocycles. The third-order valence-corrected chi connectivity index (χ3v) is 3.80. The van der Waals surface area contributed by atoms with E-state index in [0.717, 1.165) is 36.3 Å². The fraction of sp³-hybridized carbons (Fsp3) is 0.545. The lowest BCUT2D eigenvalue weighted by Crippen LogP contribution is -2.34. The molecule has 1 aromatic heterocycles.